The minimum atomic E-state index is 0.155. The van der Waals surface area contributed by atoms with E-state index in [1.54, 1.807) is 28.4 Å². The topological polar surface area (TPSA) is 60.5 Å². The minimum Gasteiger partial charge on any atom is -0.493 e. The predicted octanol–water partition coefficient (Wildman–Crippen LogP) is 4.07. The normalized spacial score (nSPS) is 16.0. The highest BCUT2D eigenvalue weighted by Gasteiger charge is 2.24. The molecular formula is C28H40N2O5. The third-order valence-electron chi connectivity index (χ3n) is 6.78. The van der Waals surface area contributed by atoms with Gasteiger partial charge in [-0.25, -0.2) is 0 Å². The average molecular weight is 485 g/mol. The van der Waals surface area contributed by atoms with Crippen molar-refractivity contribution in [3.05, 3.63) is 47.5 Å². The van der Waals surface area contributed by atoms with Crippen LogP contribution in [0.15, 0.2) is 36.4 Å². The van der Waals surface area contributed by atoms with Gasteiger partial charge in [0.25, 0.3) is 0 Å². The van der Waals surface area contributed by atoms with E-state index in [0.29, 0.717) is 30.4 Å². The molecule has 1 aliphatic rings. The van der Waals surface area contributed by atoms with Gasteiger partial charge in [0.15, 0.2) is 23.0 Å². The summed E-state index contributed by atoms with van der Waals surface area (Å²) in [6.07, 6.45) is 3.65. The third kappa shape index (κ3) is 7.28. The Balaban J connectivity index is 1.53. The standard InChI is InChI=1S/C28H40N2O5/c1-6-30(28(31)18-22-10-12-25(33-3)27(17-22)35-5)20-23-8-7-14-29(19-23)15-13-21-9-11-24(32-2)26(16-21)34-4/h9-12,16-17,23H,6-8,13-15,18-20H2,1-5H3/t23-/m0/s1. The lowest BCUT2D eigenvalue weighted by Crippen LogP contribution is -2.43. The molecule has 0 saturated carbocycles. The van der Waals surface area contributed by atoms with E-state index in [9.17, 15) is 4.79 Å². The fourth-order valence-corrected chi connectivity index (χ4v) is 4.82. The van der Waals surface area contributed by atoms with E-state index in [4.69, 9.17) is 18.9 Å². The molecule has 1 amide bonds. The summed E-state index contributed by atoms with van der Waals surface area (Å²) in [6.45, 7) is 6.70. The van der Waals surface area contributed by atoms with Crippen LogP contribution < -0.4 is 18.9 Å². The molecule has 0 aliphatic carbocycles. The second-order valence-electron chi connectivity index (χ2n) is 9.05. The van der Waals surface area contributed by atoms with E-state index in [2.05, 4.69) is 24.0 Å². The van der Waals surface area contributed by atoms with E-state index >= 15 is 0 Å². The van der Waals surface area contributed by atoms with Crippen molar-refractivity contribution in [2.45, 2.75) is 32.6 Å². The molecule has 0 N–H and O–H groups in total. The van der Waals surface area contributed by atoms with Crippen molar-refractivity contribution >= 4 is 5.91 Å². The summed E-state index contributed by atoms with van der Waals surface area (Å²) in [6, 6.07) is 11.8. The molecule has 7 heteroatoms. The first-order valence-corrected chi connectivity index (χ1v) is 12.4. The highest BCUT2D eigenvalue weighted by atomic mass is 16.5. The third-order valence-corrected chi connectivity index (χ3v) is 6.78. The van der Waals surface area contributed by atoms with Gasteiger partial charge in [-0.15, -0.1) is 0 Å². The first kappa shape index (κ1) is 26.7. The van der Waals surface area contributed by atoms with E-state index in [0.717, 1.165) is 62.5 Å². The number of carbonyl (C=O) groups is 1. The fourth-order valence-electron chi connectivity index (χ4n) is 4.82. The maximum atomic E-state index is 13.1. The van der Waals surface area contributed by atoms with Gasteiger partial charge in [0.1, 0.15) is 0 Å². The number of benzene rings is 2. The Bertz CT molecular complexity index is 964. The lowest BCUT2D eigenvalue weighted by atomic mass is 9.96. The van der Waals surface area contributed by atoms with Crippen molar-refractivity contribution in [1.29, 1.82) is 0 Å². The van der Waals surface area contributed by atoms with Crippen LogP contribution in [0.1, 0.15) is 30.9 Å². The molecule has 1 fully saturated rings. The van der Waals surface area contributed by atoms with Crippen molar-refractivity contribution in [1.82, 2.24) is 9.80 Å². The molecule has 0 radical (unpaired) electrons. The minimum absolute atomic E-state index is 0.155. The van der Waals surface area contributed by atoms with E-state index < -0.39 is 0 Å². The summed E-state index contributed by atoms with van der Waals surface area (Å²) in [4.78, 5) is 17.6. The molecular weight excluding hydrogens is 444 g/mol. The number of hydrogen-bond acceptors (Lipinski definition) is 6. The molecule has 1 atom stereocenters. The van der Waals surface area contributed by atoms with E-state index in [1.807, 2.05) is 29.2 Å². The zero-order valence-electron chi connectivity index (χ0n) is 21.8. The largest absolute Gasteiger partial charge is 0.493 e. The van der Waals surface area contributed by atoms with Gasteiger partial charge in [-0.1, -0.05) is 12.1 Å². The maximum absolute atomic E-state index is 13.1. The summed E-state index contributed by atoms with van der Waals surface area (Å²) < 4.78 is 21.5. The monoisotopic (exact) mass is 484 g/mol. The van der Waals surface area contributed by atoms with Crippen LogP contribution >= 0.6 is 0 Å². The first-order valence-electron chi connectivity index (χ1n) is 12.4. The number of piperidine rings is 1. The molecule has 3 rings (SSSR count). The molecule has 0 bridgehead atoms. The van der Waals surface area contributed by atoms with Crippen LogP contribution in [-0.4, -0.2) is 76.9 Å². The summed E-state index contributed by atoms with van der Waals surface area (Å²) in [7, 11) is 6.55. The highest BCUT2D eigenvalue weighted by molar-refractivity contribution is 5.79. The number of likely N-dealkylation sites (tertiary alicyclic amines) is 1. The number of amides is 1. The molecule has 35 heavy (non-hydrogen) atoms. The number of carbonyl (C=O) groups excluding carboxylic acids is 1. The molecule has 1 heterocycles. The van der Waals surface area contributed by atoms with Gasteiger partial charge in [-0.2, -0.15) is 0 Å². The Morgan fingerprint density at radius 2 is 1.51 bits per heavy atom. The van der Waals surface area contributed by atoms with Crippen molar-refractivity contribution in [2.75, 3.05) is 61.2 Å². The van der Waals surface area contributed by atoms with Crippen LogP contribution in [0.25, 0.3) is 0 Å². The zero-order valence-corrected chi connectivity index (χ0v) is 21.8. The Hall–Kier alpha value is -2.93. The maximum Gasteiger partial charge on any atom is 0.226 e. The number of nitrogens with zero attached hydrogens (tertiary/aromatic N) is 2. The van der Waals surface area contributed by atoms with Crippen molar-refractivity contribution in [3.8, 4) is 23.0 Å². The quantitative estimate of drug-likeness (QED) is 0.453. The predicted molar refractivity (Wildman–Crippen MR) is 138 cm³/mol. The van der Waals surface area contributed by atoms with Crippen LogP contribution in [0.4, 0.5) is 0 Å². The summed E-state index contributed by atoms with van der Waals surface area (Å²) in [5.41, 5.74) is 2.18. The first-order chi connectivity index (χ1) is 17.0. The van der Waals surface area contributed by atoms with Gasteiger partial charge >= 0.3 is 0 Å². The van der Waals surface area contributed by atoms with Crippen LogP contribution in [0, 0.1) is 5.92 Å². The number of hydrogen-bond donors (Lipinski definition) is 0. The summed E-state index contributed by atoms with van der Waals surface area (Å²) in [5, 5.41) is 0. The highest BCUT2D eigenvalue weighted by Crippen LogP contribution is 2.29. The lowest BCUT2D eigenvalue weighted by Gasteiger charge is -2.35. The molecule has 0 spiro atoms. The molecule has 2 aromatic rings. The van der Waals surface area contributed by atoms with Crippen LogP contribution in [0.5, 0.6) is 23.0 Å². The van der Waals surface area contributed by atoms with Crippen LogP contribution in [-0.2, 0) is 17.6 Å². The average Bonchev–Trinajstić information content (AvgIpc) is 2.90. The summed E-state index contributed by atoms with van der Waals surface area (Å²) in [5.74, 6) is 3.50. The number of methoxy groups -OCH3 is 4. The van der Waals surface area contributed by atoms with Gasteiger partial charge in [0.05, 0.1) is 34.9 Å². The zero-order chi connectivity index (χ0) is 25.2. The van der Waals surface area contributed by atoms with Crippen LogP contribution in [0.2, 0.25) is 0 Å². The molecule has 1 aliphatic heterocycles. The Labute approximate surface area is 209 Å². The Morgan fingerprint density at radius 1 is 0.914 bits per heavy atom. The molecule has 2 aromatic carbocycles. The van der Waals surface area contributed by atoms with Gasteiger partial charge in [0, 0.05) is 26.2 Å². The number of likely N-dealkylation sites (N-methyl/N-ethyl adjacent to an activating group) is 1. The van der Waals surface area contributed by atoms with Crippen molar-refractivity contribution in [3.63, 3.8) is 0 Å². The number of rotatable bonds is 12. The SMILES string of the molecule is CCN(C[C@H]1CCCN(CCc2ccc(OC)c(OC)c2)C1)C(=O)Cc1ccc(OC)c(OC)c1. The van der Waals surface area contributed by atoms with Gasteiger partial charge in [-0.3, -0.25) is 4.79 Å². The fraction of sp³-hybridized carbons (Fsp3) is 0.536. The van der Waals surface area contributed by atoms with Crippen molar-refractivity contribution < 1.29 is 23.7 Å². The van der Waals surface area contributed by atoms with E-state index in [-0.39, 0.29) is 5.91 Å². The smallest absolute Gasteiger partial charge is 0.226 e. The second kappa shape index (κ2) is 13.2. The molecule has 192 valence electrons. The molecule has 0 aromatic heterocycles. The van der Waals surface area contributed by atoms with Gasteiger partial charge < -0.3 is 28.7 Å². The second-order valence-corrected chi connectivity index (χ2v) is 9.05. The van der Waals surface area contributed by atoms with Crippen molar-refractivity contribution in [2.24, 2.45) is 5.92 Å². The summed E-state index contributed by atoms with van der Waals surface area (Å²) >= 11 is 0. The Kier molecular flexibility index (Phi) is 10.1. The van der Waals surface area contributed by atoms with Crippen LogP contribution in [0.3, 0.4) is 0 Å². The lowest BCUT2D eigenvalue weighted by molar-refractivity contribution is -0.131. The van der Waals surface area contributed by atoms with Gasteiger partial charge in [0.2, 0.25) is 5.91 Å². The van der Waals surface area contributed by atoms with Gasteiger partial charge in [-0.05, 0) is 74.0 Å². The molecule has 0 unspecified atom stereocenters. The Morgan fingerprint density at radius 3 is 2.11 bits per heavy atom. The van der Waals surface area contributed by atoms with E-state index in [1.165, 1.54) is 5.56 Å². The molecule has 7 nitrogen and oxygen atoms in total. The number of ether oxygens (including phenoxy) is 4. The molecule has 1 saturated heterocycles.